The Morgan fingerprint density at radius 1 is 1.33 bits per heavy atom. The molecule has 0 aliphatic rings. The molecule has 1 amide bonds. The number of nitrogens with zero attached hydrogens (tertiary/aromatic N) is 1. The zero-order chi connectivity index (χ0) is 15.4. The van der Waals surface area contributed by atoms with E-state index in [-0.39, 0.29) is 11.9 Å². The summed E-state index contributed by atoms with van der Waals surface area (Å²) in [5.41, 5.74) is 1.90. The first kappa shape index (κ1) is 15.2. The fraction of sp³-hybridized carbons (Fsp3) is 0.267. The highest BCUT2D eigenvalue weighted by Gasteiger charge is 2.16. The molecule has 2 heterocycles. The van der Waals surface area contributed by atoms with Gasteiger partial charge < -0.3 is 10.1 Å². The van der Waals surface area contributed by atoms with Gasteiger partial charge in [-0.25, -0.2) is 9.78 Å². The van der Waals surface area contributed by atoms with Gasteiger partial charge >= 0.3 is 5.97 Å². The quantitative estimate of drug-likeness (QED) is 0.881. The van der Waals surface area contributed by atoms with Crippen molar-refractivity contribution in [3.63, 3.8) is 0 Å². The first-order valence-electron chi connectivity index (χ1n) is 6.53. The van der Waals surface area contributed by atoms with Crippen molar-refractivity contribution in [1.29, 1.82) is 0 Å². The molecular formula is C15H16N2O3S. The van der Waals surface area contributed by atoms with E-state index in [0.717, 1.165) is 11.3 Å². The number of carbonyl (C=O) groups excluding carboxylic acids is 2. The van der Waals surface area contributed by atoms with E-state index in [4.69, 9.17) is 4.74 Å². The summed E-state index contributed by atoms with van der Waals surface area (Å²) in [5.74, 6) is -0.662. The molecule has 5 nitrogen and oxygen atoms in total. The number of hydrogen-bond donors (Lipinski definition) is 1. The van der Waals surface area contributed by atoms with E-state index in [9.17, 15) is 9.59 Å². The van der Waals surface area contributed by atoms with E-state index < -0.39 is 0 Å². The Balaban J connectivity index is 2.15. The van der Waals surface area contributed by atoms with Crippen LogP contribution in [0.25, 0.3) is 0 Å². The minimum atomic E-state index is -0.367. The molecule has 0 bridgehead atoms. The number of pyridine rings is 1. The second kappa shape index (κ2) is 6.49. The molecule has 2 rings (SSSR count). The molecule has 1 N–H and O–H groups in total. The van der Waals surface area contributed by atoms with E-state index in [0.29, 0.717) is 22.2 Å². The summed E-state index contributed by atoms with van der Waals surface area (Å²) in [6.45, 7) is 5.71. The number of carbonyl (C=O) groups is 2. The summed E-state index contributed by atoms with van der Waals surface area (Å²) in [5, 5.41) is 3.35. The molecule has 2 aromatic rings. The Hall–Kier alpha value is -2.21. The van der Waals surface area contributed by atoms with Gasteiger partial charge in [0.05, 0.1) is 11.6 Å². The van der Waals surface area contributed by atoms with Crippen LogP contribution in [0.15, 0.2) is 24.3 Å². The second-order valence-corrected chi connectivity index (χ2v) is 5.51. The van der Waals surface area contributed by atoms with Crippen LogP contribution >= 0.6 is 11.3 Å². The van der Waals surface area contributed by atoms with E-state index in [1.165, 1.54) is 11.3 Å². The second-order valence-electron chi connectivity index (χ2n) is 4.46. The zero-order valence-electron chi connectivity index (χ0n) is 12.1. The Morgan fingerprint density at radius 3 is 2.76 bits per heavy atom. The molecular weight excluding hydrogens is 288 g/mol. The number of ether oxygens (including phenoxy) is 1. The van der Waals surface area contributed by atoms with Crippen LogP contribution in [-0.4, -0.2) is 23.5 Å². The van der Waals surface area contributed by atoms with Crippen molar-refractivity contribution in [1.82, 2.24) is 4.98 Å². The van der Waals surface area contributed by atoms with Gasteiger partial charge in [0, 0.05) is 5.69 Å². The first-order valence-corrected chi connectivity index (χ1v) is 7.35. The third-order valence-corrected chi connectivity index (χ3v) is 3.87. The van der Waals surface area contributed by atoms with Gasteiger partial charge in [0.15, 0.2) is 0 Å². The highest BCUT2D eigenvalue weighted by atomic mass is 32.1. The predicted molar refractivity (Wildman–Crippen MR) is 81.9 cm³/mol. The molecule has 0 aliphatic heterocycles. The first-order chi connectivity index (χ1) is 10.0. The van der Waals surface area contributed by atoms with Crippen LogP contribution in [0.5, 0.6) is 0 Å². The lowest BCUT2D eigenvalue weighted by Crippen LogP contribution is -2.13. The topological polar surface area (TPSA) is 68.3 Å². The Kier molecular flexibility index (Phi) is 4.70. The van der Waals surface area contributed by atoms with E-state index in [1.54, 1.807) is 25.1 Å². The molecule has 110 valence electrons. The predicted octanol–water partition coefficient (Wildman–Crippen LogP) is 3.19. The number of aromatic nitrogens is 1. The Bertz CT molecular complexity index is 679. The van der Waals surface area contributed by atoms with E-state index in [2.05, 4.69) is 10.3 Å². The average molecular weight is 304 g/mol. The minimum Gasteiger partial charge on any atom is -0.462 e. The maximum atomic E-state index is 12.1. The summed E-state index contributed by atoms with van der Waals surface area (Å²) in [6.07, 6.45) is 0. The fourth-order valence-electron chi connectivity index (χ4n) is 1.79. The fourth-order valence-corrected chi connectivity index (χ4v) is 2.75. The van der Waals surface area contributed by atoms with Crippen LogP contribution in [0.1, 0.15) is 38.3 Å². The van der Waals surface area contributed by atoms with Crippen LogP contribution < -0.4 is 5.32 Å². The lowest BCUT2D eigenvalue weighted by Gasteiger charge is -2.02. The van der Waals surface area contributed by atoms with Crippen LogP contribution in [0.2, 0.25) is 0 Å². The molecule has 2 aromatic heterocycles. The number of thiophene rings is 1. The highest BCUT2D eigenvalue weighted by Crippen LogP contribution is 2.27. The van der Waals surface area contributed by atoms with Crippen molar-refractivity contribution in [2.75, 3.05) is 11.9 Å². The van der Waals surface area contributed by atoms with Gasteiger partial charge in [-0.1, -0.05) is 6.07 Å². The maximum absolute atomic E-state index is 12.1. The molecule has 0 fully saturated rings. The smallest absolute Gasteiger partial charge is 0.348 e. The Morgan fingerprint density at radius 2 is 2.10 bits per heavy atom. The van der Waals surface area contributed by atoms with E-state index >= 15 is 0 Å². The number of anilines is 1. The molecule has 6 heteroatoms. The SMILES string of the molecule is CCOC(=O)c1sc(NC(=O)c2cccc(C)n2)cc1C. The maximum Gasteiger partial charge on any atom is 0.348 e. The molecule has 0 saturated heterocycles. The molecule has 0 radical (unpaired) electrons. The van der Waals surface area contributed by atoms with Crippen LogP contribution in [-0.2, 0) is 4.74 Å². The molecule has 0 unspecified atom stereocenters. The summed E-state index contributed by atoms with van der Waals surface area (Å²) in [7, 11) is 0. The van der Waals surface area contributed by atoms with E-state index in [1.807, 2.05) is 19.9 Å². The zero-order valence-corrected chi connectivity index (χ0v) is 12.9. The van der Waals surface area contributed by atoms with Gasteiger partial charge in [0.2, 0.25) is 0 Å². The molecule has 21 heavy (non-hydrogen) atoms. The number of nitrogens with one attached hydrogen (secondary N) is 1. The molecule has 0 atom stereocenters. The van der Waals surface area contributed by atoms with Gasteiger partial charge in [-0.3, -0.25) is 4.79 Å². The van der Waals surface area contributed by atoms with Crippen molar-refractivity contribution >= 4 is 28.2 Å². The monoisotopic (exact) mass is 304 g/mol. The summed E-state index contributed by atoms with van der Waals surface area (Å²) in [4.78, 5) is 28.5. The number of rotatable bonds is 4. The van der Waals surface area contributed by atoms with Crippen molar-refractivity contribution in [2.45, 2.75) is 20.8 Å². The summed E-state index contributed by atoms with van der Waals surface area (Å²) < 4.78 is 4.97. The van der Waals surface area contributed by atoms with Crippen molar-refractivity contribution in [3.05, 3.63) is 46.1 Å². The molecule has 0 aliphatic carbocycles. The largest absolute Gasteiger partial charge is 0.462 e. The molecule has 0 saturated carbocycles. The number of amides is 1. The highest BCUT2D eigenvalue weighted by molar-refractivity contribution is 7.18. The van der Waals surface area contributed by atoms with Crippen LogP contribution in [0.3, 0.4) is 0 Å². The van der Waals surface area contributed by atoms with Gasteiger partial charge in [-0.15, -0.1) is 11.3 Å². The van der Waals surface area contributed by atoms with Gasteiger partial charge in [0.1, 0.15) is 10.6 Å². The number of hydrogen-bond acceptors (Lipinski definition) is 5. The lowest BCUT2D eigenvalue weighted by atomic mass is 10.3. The van der Waals surface area contributed by atoms with Crippen molar-refractivity contribution < 1.29 is 14.3 Å². The van der Waals surface area contributed by atoms with Gasteiger partial charge in [-0.2, -0.15) is 0 Å². The van der Waals surface area contributed by atoms with Crippen LogP contribution in [0.4, 0.5) is 5.00 Å². The lowest BCUT2D eigenvalue weighted by molar-refractivity contribution is 0.0531. The standard InChI is InChI=1S/C15H16N2O3S/c1-4-20-15(19)13-9(2)8-12(21-13)17-14(18)11-7-5-6-10(3)16-11/h5-8H,4H2,1-3H3,(H,17,18). The van der Waals surface area contributed by atoms with Crippen molar-refractivity contribution in [3.8, 4) is 0 Å². The number of aryl methyl sites for hydroxylation is 2. The minimum absolute atomic E-state index is 0.296. The molecule has 0 aromatic carbocycles. The van der Waals surface area contributed by atoms with Gasteiger partial charge in [0.25, 0.3) is 5.91 Å². The third-order valence-electron chi connectivity index (χ3n) is 2.74. The third kappa shape index (κ3) is 3.66. The van der Waals surface area contributed by atoms with Crippen molar-refractivity contribution in [2.24, 2.45) is 0 Å². The summed E-state index contributed by atoms with van der Waals surface area (Å²) in [6, 6.07) is 7.01. The average Bonchev–Trinajstić information content (AvgIpc) is 2.80. The Labute approximate surface area is 127 Å². The normalized spacial score (nSPS) is 10.2. The molecule has 0 spiro atoms. The number of esters is 1. The van der Waals surface area contributed by atoms with Crippen LogP contribution in [0, 0.1) is 13.8 Å². The van der Waals surface area contributed by atoms with Gasteiger partial charge in [-0.05, 0) is 44.5 Å². The summed E-state index contributed by atoms with van der Waals surface area (Å²) >= 11 is 1.20.